The molecule has 1 aliphatic rings. The van der Waals surface area contributed by atoms with Crippen LogP contribution in [0.2, 0.25) is 0 Å². The van der Waals surface area contributed by atoms with Crippen LogP contribution in [0.15, 0.2) is 36.9 Å². The van der Waals surface area contributed by atoms with E-state index in [9.17, 15) is 0 Å². The number of nitrogens with one attached hydrogen (secondary N) is 1. The minimum Gasteiger partial charge on any atom is -0.385 e. The Balaban J connectivity index is 2.04. The van der Waals surface area contributed by atoms with Gasteiger partial charge in [-0.3, -0.25) is 0 Å². The van der Waals surface area contributed by atoms with Crippen LogP contribution in [0.25, 0.3) is 5.69 Å². The maximum Gasteiger partial charge on any atom is 0.0991 e. The molecule has 1 aromatic heterocycles. The topological polar surface area (TPSA) is 29.9 Å². The number of fused-ring (bicyclic) bond motifs is 1. The van der Waals surface area contributed by atoms with Crippen LogP contribution in [0.4, 0.5) is 5.69 Å². The Morgan fingerprint density at radius 2 is 2.33 bits per heavy atom. The molecule has 0 bridgehead atoms. The number of aromatic nitrogens is 2. The standard InChI is InChI=1S/C12H13N3/c1-2-10-8-11(15-7-6-13-9-15)3-4-12(10)14-5-1/h3-4,6-9,14H,1-2,5H2. The zero-order valence-corrected chi connectivity index (χ0v) is 8.48. The second kappa shape index (κ2) is 3.42. The SMILES string of the molecule is c1cn(-c2ccc3c(c2)CCCN3)cn1. The molecule has 15 heavy (non-hydrogen) atoms. The molecule has 0 saturated heterocycles. The molecule has 3 nitrogen and oxygen atoms in total. The highest BCUT2D eigenvalue weighted by molar-refractivity contribution is 5.57. The number of hydrogen-bond acceptors (Lipinski definition) is 2. The number of aryl methyl sites for hydroxylation is 1. The third kappa shape index (κ3) is 1.50. The summed E-state index contributed by atoms with van der Waals surface area (Å²) in [5.41, 5.74) is 3.88. The van der Waals surface area contributed by atoms with E-state index in [0.29, 0.717) is 0 Å². The predicted molar refractivity (Wildman–Crippen MR) is 60.4 cm³/mol. The van der Waals surface area contributed by atoms with E-state index in [2.05, 4.69) is 28.5 Å². The number of anilines is 1. The first-order valence-corrected chi connectivity index (χ1v) is 5.28. The summed E-state index contributed by atoms with van der Waals surface area (Å²) < 4.78 is 2.04. The van der Waals surface area contributed by atoms with Gasteiger partial charge < -0.3 is 9.88 Å². The summed E-state index contributed by atoms with van der Waals surface area (Å²) in [4.78, 5) is 4.06. The lowest BCUT2D eigenvalue weighted by atomic mass is 10.0. The minimum atomic E-state index is 1.09. The third-order valence-electron chi connectivity index (χ3n) is 2.83. The molecule has 0 unspecified atom stereocenters. The second-order valence-corrected chi connectivity index (χ2v) is 3.84. The molecule has 2 aromatic rings. The van der Waals surface area contributed by atoms with Crippen molar-refractivity contribution in [1.29, 1.82) is 0 Å². The fourth-order valence-corrected chi connectivity index (χ4v) is 2.03. The van der Waals surface area contributed by atoms with Crippen LogP contribution in [0.5, 0.6) is 0 Å². The van der Waals surface area contributed by atoms with Gasteiger partial charge in [-0.05, 0) is 36.6 Å². The molecule has 0 amide bonds. The molecule has 0 saturated carbocycles. The van der Waals surface area contributed by atoms with Gasteiger partial charge in [0.1, 0.15) is 0 Å². The Labute approximate surface area is 88.8 Å². The number of hydrogen-bond donors (Lipinski definition) is 1. The van der Waals surface area contributed by atoms with E-state index in [0.717, 1.165) is 6.54 Å². The molecule has 3 rings (SSSR count). The Bertz CT molecular complexity index is 460. The number of benzene rings is 1. The molecule has 2 heterocycles. The fourth-order valence-electron chi connectivity index (χ4n) is 2.03. The van der Waals surface area contributed by atoms with Gasteiger partial charge in [0.2, 0.25) is 0 Å². The van der Waals surface area contributed by atoms with Crippen LogP contribution in [0.3, 0.4) is 0 Å². The van der Waals surface area contributed by atoms with E-state index in [1.807, 2.05) is 17.1 Å². The first kappa shape index (κ1) is 8.53. The molecular weight excluding hydrogens is 186 g/mol. The van der Waals surface area contributed by atoms with E-state index in [4.69, 9.17) is 0 Å². The Hall–Kier alpha value is -1.77. The van der Waals surface area contributed by atoms with Crippen molar-refractivity contribution in [2.75, 3.05) is 11.9 Å². The molecule has 76 valence electrons. The zero-order chi connectivity index (χ0) is 10.1. The van der Waals surface area contributed by atoms with Crippen LogP contribution in [-0.2, 0) is 6.42 Å². The van der Waals surface area contributed by atoms with Gasteiger partial charge in [-0.25, -0.2) is 4.98 Å². The molecule has 0 aliphatic carbocycles. The highest BCUT2D eigenvalue weighted by atomic mass is 15.0. The molecule has 1 aliphatic heterocycles. The average Bonchev–Trinajstić information content (AvgIpc) is 2.82. The predicted octanol–water partition coefficient (Wildman–Crippen LogP) is 2.23. The normalized spacial score (nSPS) is 14.4. The summed E-state index contributed by atoms with van der Waals surface area (Å²) in [6.45, 7) is 1.09. The maximum absolute atomic E-state index is 4.06. The van der Waals surface area contributed by atoms with E-state index >= 15 is 0 Å². The zero-order valence-electron chi connectivity index (χ0n) is 8.48. The smallest absolute Gasteiger partial charge is 0.0991 e. The third-order valence-corrected chi connectivity index (χ3v) is 2.83. The Morgan fingerprint density at radius 3 is 3.20 bits per heavy atom. The summed E-state index contributed by atoms with van der Waals surface area (Å²) in [7, 11) is 0. The molecule has 0 radical (unpaired) electrons. The van der Waals surface area contributed by atoms with Crippen molar-refractivity contribution in [1.82, 2.24) is 9.55 Å². The van der Waals surface area contributed by atoms with Gasteiger partial charge in [-0.2, -0.15) is 0 Å². The molecule has 0 spiro atoms. The van der Waals surface area contributed by atoms with Crippen molar-refractivity contribution in [2.45, 2.75) is 12.8 Å². The highest BCUT2D eigenvalue weighted by Gasteiger charge is 2.08. The summed E-state index contributed by atoms with van der Waals surface area (Å²) in [6.07, 6.45) is 8.00. The van der Waals surface area contributed by atoms with Gasteiger partial charge in [-0.1, -0.05) is 0 Å². The van der Waals surface area contributed by atoms with Gasteiger partial charge >= 0.3 is 0 Å². The molecular formula is C12H13N3. The summed E-state index contributed by atoms with van der Waals surface area (Å²) in [5, 5.41) is 3.41. The average molecular weight is 199 g/mol. The van der Waals surface area contributed by atoms with Crippen molar-refractivity contribution in [2.24, 2.45) is 0 Å². The van der Waals surface area contributed by atoms with Gasteiger partial charge in [0.15, 0.2) is 0 Å². The van der Waals surface area contributed by atoms with Crippen LogP contribution in [0.1, 0.15) is 12.0 Å². The van der Waals surface area contributed by atoms with Gasteiger partial charge in [0.05, 0.1) is 6.33 Å². The van der Waals surface area contributed by atoms with Crippen LogP contribution < -0.4 is 5.32 Å². The first-order chi connectivity index (χ1) is 7.43. The fraction of sp³-hybridized carbons (Fsp3) is 0.250. The quantitative estimate of drug-likeness (QED) is 0.763. The van der Waals surface area contributed by atoms with Crippen LogP contribution >= 0.6 is 0 Å². The van der Waals surface area contributed by atoms with Crippen molar-refractivity contribution in [3.05, 3.63) is 42.5 Å². The van der Waals surface area contributed by atoms with Gasteiger partial charge in [-0.15, -0.1) is 0 Å². The lowest BCUT2D eigenvalue weighted by Gasteiger charge is -2.18. The molecule has 3 heteroatoms. The first-order valence-electron chi connectivity index (χ1n) is 5.28. The van der Waals surface area contributed by atoms with Crippen molar-refractivity contribution < 1.29 is 0 Å². The number of rotatable bonds is 1. The summed E-state index contributed by atoms with van der Waals surface area (Å²) >= 11 is 0. The van der Waals surface area contributed by atoms with Gasteiger partial charge in [0.25, 0.3) is 0 Å². The van der Waals surface area contributed by atoms with Gasteiger partial charge in [0, 0.05) is 30.3 Å². The van der Waals surface area contributed by atoms with Crippen molar-refractivity contribution in [3.63, 3.8) is 0 Å². The minimum absolute atomic E-state index is 1.09. The number of nitrogens with zero attached hydrogens (tertiary/aromatic N) is 2. The molecule has 1 N–H and O–H groups in total. The number of imidazole rings is 1. The van der Waals surface area contributed by atoms with Crippen molar-refractivity contribution in [3.8, 4) is 5.69 Å². The van der Waals surface area contributed by atoms with Crippen molar-refractivity contribution >= 4 is 5.69 Å². The largest absolute Gasteiger partial charge is 0.385 e. The van der Waals surface area contributed by atoms with E-state index in [1.165, 1.54) is 29.8 Å². The lowest BCUT2D eigenvalue weighted by molar-refractivity contribution is 0.828. The maximum atomic E-state index is 4.06. The Kier molecular flexibility index (Phi) is 1.95. The molecule has 0 atom stereocenters. The molecule has 0 fully saturated rings. The summed E-state index contributed by atoms with van der Waals surface area (Å²) in [6, 6.07) is 6.52. The Morgan fingerprint density at radius 1 is 1.33 bits per heavy atom. The van der Waals surface area contributed by atoms with Crippen LogP contribution in [0, 0.1) is 0 Å². The lowest BCUT2D eigenvalue weighted by Crippen LogP contribution is -2.11. The highest BCUT2D eigenvalue weighted by Crippen LogP contribution is 2.24. The van der Waals surface area contributed by atoms with Crippen LogP contribution in [-0.4, -0.2) is 16.1 Å². The monoisotopic (exact) mass is 199 g/mol. The van der Waals surface area contributed by atoms with E-state index < -0.39 is 0 Å². The van der Waals surface area contributed by atoms with E-state index in [1.54, 1.807) is 6.20 Å². The summed E-state index contributed by atoms with van der Waals surface area (Å²) in [5.74, 6) is 0. The van der Waals surface area contributed by atoms with E-state index in [-0.39, 0.29) is 0 Å². The molecule has 1 aromatic carbocycles. The second-order valence-electron chi connectivity index (χ2n) is 3.84.